The molecule has 0 spiro atoms. The van der Waals surface area contributed by atoms with Gasteiger partial charge in [-0.1, -0.05) is 49.1 Å². The summed E-state index contributed by atoms with van der Waals surface area (Å²) in [5, 5.41) is 15.2. The quantitative estimate of drug-likeness (QED) is 0.482. The molecule has 1 saturated carbocycles. The van der Waals surface area contributed by atoms with Crippen LogP contribution < -0.4 is 10.6 Å². The Bertz CT molecular complexity index is 595. The maximum atomic E-state index is 12.1. The molecule has 2 N–H and O–H groups in total. The van der Waals surface area contributed by atoms with Crippen LogP contribution in [0, 0.1) is 18.3 Å². The highest BCUT2D eigenvalue weighted by atomic mass is 16.1. The highest BCUT2D eigenvalue weighted by Crippen LogP contribution is 2.17. The van der Waals surface area contributed by atoms with Gasteiger partial charge in [-0.25, -0.2) is 0 Å². The molecule has 4 heteroatoms. The largest absolute Gasteiger partial charge is 0.389 e. The van der Waals surface area contributed by atoms with E-state index in [2.05, 4.69) is 35.8 Å². The van der Waals surface area contributed by atoms with Crippen molar-refractivity contribution in [2.24, 2.45) is 0 Å². The Morgan fingerprint density at radius 3 is 2.83 bits per heavy atom. The fourth-order valence-electron chi connectivity index (χ4n) is 2.92. The van der Waals surface area contributed by atoms with E-state index in [-0.39, 0.29) is 17.5 Å². The van der Waals surface area contributed by atoms with E-state index in [0.29, 0.717) is 6.54 Å². The summed E-state index contributed by atoms with van der Waals surface area (Å²) in [6.45, 7) is 2.77. The third kappa shape index (κ3) is 5.78. The maximum Gasteiger partial charge on any atom is 0.263 e. The van der Waals surface area contributed by atoms with E-state index in [0.717, 1.165) is 32.1 Å². The number of rotatable bonds is 6. The first kappa shape index (κ1) is 17.1. The molecule has 1 aliphatic rings. The number of carbonyl (C=O) groups is 1. The molecule has 0 saturated heterocycles. The Balaban J connectivity index is 1.79. The second kappa shape index (κ2) is 8.99. The van der Waals surface area contributed by atoms with Gasteiger partial charge in [0.25, 0.3) is 5.91 Å². The lowest BCUT2D eigenvalue weighted by Gasteiger charge is -2.22. The number of amides is 1. The Morgan fingerprint density at radius 2 is 2.13 bits per heavy atom. The number of nitrogens with one attached hydrogen (secondary N) is 2. The van der Waals surface area contributed by atoms with Gasteiger partial charge in [0.1, 0.15) is 11.6 Å². The van der Waals surface area contributed by atoms with Crippen molar-refractivity contribution in [2.45, 2.75) is 51.5 Å². The van der Waals surface area contributed by atoms with Gasteiger partial charge in [0, 0.05) is 18.8 Å². The molecule has 0 atom stereocenters. The van der Waals surface area contributed by atoms with Crippen LogP contribution in [-0.2, 0) is 11.2 Å². The monoisotopic (exact) mass is 311 g/mol. The van der Waals surface area contributed by atoms with Crippen LogP contribution in [0.2, 0.25) is 0 Å². The van der Waals surface area contributed by atoms with Crippen molar-refractivity contribution in [3.63, 3.8) is 0 Å². The van der Waals surface area contributed by atoms with Crippen LogP contribution >= 0.6 is 0 Å². The average Bonchev–Trinajstić information content (AvgIpc) is 2.56. The molecule has 0 aromatic heterocycles. The second-order valence-electron chi connectivity index (χ2n) is 6.17. The van der Waals surface area contributed by atoms with Crippen molar-refractivity contribution in [2.75, 3.05) is 6.54 Å². The molecule has 0 aliphatic heterocycles. The van der Waals surface area contributed by atoms with Crippen LogP contribution in [0.4, 0.5) is 0 Å². The summed E-state index contributed by atoms with van der Waals surface area (Å²) >= 11 is 0. The summed E-state index contributed by atoms with van der Waals surface area (Å²) in [5.41, 5.74) is 2.64. The van der Waals surface area contributed by atoms with Gasteiger partial charge in [0.2, 0.25) is 0 Å². The summed E-state index contributed by atoms with van der Waals surface area (Å²) in [4.78, 5) is 12.1. The van der Waals surface area contributed by atoms with E-state index in [1.807, 2.05) is 12.1 Å². The average molecular weight is 311 g/mol. The first-order valence-electron chi connectivity index (χ1n) is 8.39. The minimum atomic E-state index is -0.262. The van der Waals surface area contributed by atoms with Crippen molar-refractivity contribution >= 4 is 5.91 Å². The van der Waals surface area contributed by atoms with Gasteiger partial charge in [-0.15, -0.1) is 0 Å². The molecule has 122 valence electrons. The normalized spacial score (nSPS) is 15.7. The first-order chi connectivity index (χ1) is 11.2. The molecular weight excluding hydrogens is 286 g/mol. The zero-order chi connectivity index (χ0) is 16.5. The van der Waals surface area contributed by atoms with Crippen molar-refractivity contribution in [3.8, 4) is 6.07 Å². The van der Waals surface area contributed by atoms with Crippen LogP contribution in [0.3, 0.4) is 0 Å². The SMILES string of the molecule is Cc1cccc(CCN/C=C(/C#N)C(=O)NC2CCCCC2)c1. The highest BCUT2D eigenvalue weighted by molar-refractivity contribution is 5.97. The lowest BCUT2D eigenvalue weighted by molar-refractivity contribution is -0.118. The molecular formula is C19H25N3O. The van der Waals surface area contributed by atoms with Gasteiger partial charge in [0.15, 0.2) is 0 Å². The number of hydrogen-bond donors (Lipinski definition) is 2. The predicted molar refractivity (Wildman–Crippen MR) is 91.6 cm³/mol. The van der Waals surface area contributed by atoms with Crippen molar-refractivity contribution in [1.82, 2.24) is 10.6 Å². The smallest absolute Gasteiger partial charge is 0.263 e. The Kier molecular flexibility index (Phi) is 6.68. The van der Waals surface area contributed by atoms with Crippen LogP contribution in [0.1, 0.15) is 43.2 Å². The Labute approximate surface area is 138 Å². The molecule has 1 aliphatic carbocycles. The maximum absolute atomic E-state index is 12.1. The number of nitriles is 1. The second-order valence-corrected chi connectivity index (χ2v) is 6.17. The van der Waals surface area contributed by atoms with E-state index in [1.165, 1.54) is 23.7 Å². The minimum absolute atomic E-state index is 0.153. The standard InChI is InChI=1S/C19H25N3O/c1-15-6-5-7-16(12-15)10-11-21-14-17(13-20)19(23)22-18-8-3-2-4-9-18/h5-7,12,14,18,21H,2-4,8-11H2,1H3,(H,22,23)/b17-14-. The number of hydrogen-bond acceptors (Lipinski definition) is 3. The number of aryl methyl sites for hydroxylation is 1. The summed E-state index contributed by atoms with van der Waals surface area (Å²) < 4.78 is 0. The Morgan fingerprint density at radius 1 is 1.35 bits per heavy atom. The van der Waals surface area contributed by atoms with Gasteiger partial charge >= 0.3 is 0 Å². The minimum Gasteiger partial charge on any atom is -0.389 e. The van der Waals surface area contributed by atoms with E-state index >= 15 is 0 Å². The fourth-order valence-corrected chi connectivity index (χ4v) is 2.92. The predicted octanol–water partition coefficient (Wildman–Crippen LogP) is 2.98. The van der Waals surface area contributed by atoms with Crippen molar-refractivity contribution in [3.05, 3.63) is 47.2 Å². The number of nitrogens with zero attached hydrogens (tertiary/aromatic N) is 1. The van der Waals surface area contributed by atoms with Gasteiger partial charge < -0.3 is 10.6 Å². The molecule has 0 heterocycles. The molecule has 1 fully saturated rings. The fraction of sp³-hybridized carbons (Fsp3) is 0.474. The van der Waals surface area contributed by atoms with Crippen LogP contribution in [0.15, 0.2) is 36.0 Å². The van der Waals surface area contributed by atoms with Crippen molar-refractivity contribution < 1.29 is 4.79 Å². The Hall–Kier alpha value is -2.28. The van der Waals surface area contributed by atoms with E-state index in [4.69, 9.17) is 5.26 Å². The van der Waals surface area contributed by atoms with E-state index in [1.54, 1.807) is 0 Å². The highest BCUT2D eigenvalue weighted by Gasteiger charge is 2.17. The summed E-state index contributed by atoms with van der Waals surface area (Å²) in [7, 11) is 0. The molecule has 4 nitrogen and oxygen atoms in total. The number of carbonyl (C=O) groups excluding carboxylic acids is 1. The summed E-state index contributed by atoms with van der Waals surface area (Å²) in [6.07, 6.45) is 8.00. The van der Waals surface area contributed by atoms with Gasteiger partial charge in [-0.05, 0) is 31.7 Å². The zero-order valence-electron chi connectivity index (χ0n) is 13.8. The van der Waals surface area contributed by atoms with Crippen LogP contribution in [0.25, 0.3) is 0 Å². The summed E-state index contributed by atoms with van der Waals surface area (Å²) in [5.74, 6) is -0.262. The zero-order valence-corrected chi connectivity index (χ0v) is 13.8. The molecule has 0 unspecified atom stereocenters. The van der Waals surface area contributed by atoms with Crippen LogP contribution in [-0.4, -0.2) is 18.5 Å². The molecule has 1 aromatic rings. The topological polar surface area (TPSA) is 64.9 Å². The van der Waals surface area contributed by atoms with Crippen molar-refractivity contribution in [1.29, 1.82) is 5.26 Å². The first-order valence-corrected chi connectivity index (χ1v) is 8.39. The molecule has 23 heavy (non-hydrogen) atoms. The third-order valence-corrected chi connectivity index (χ3v) is 4.19. The van der Waals surface area contributed by atoms with Gasteiger partial charge in [-0.2, -0.15) is 5.26 Å². The summed E-state index contributed by atoms with van der Waals surface area (Å²) in [6, 6.07) is 10.5. The third-order valence-electron chi connectivity index (χ3n) is 4.19. The molecule has 1 amide bonds. The lowest BCUT2D eigenvalue weighted by Crippen LogP contribution is -2.37. The van der Waals surface area contributed by atoms with E-state index in [9.17, 15) is 4.79 Å². The van der Waals surface area contributed by atoms with Gasteiger partial charge in [-0.3, -0.25) is 4.79 Å². The van der Waals surface area contributed by atoms with Gasteiger partial charge in [0.05, 0.1) is 0 Å². The molecule has 0 bridgehead atoms. The molecule has 1 aromatic carbocycles. The van der Waals surface area contributed by atoms with E-state index < -0.39 is 0 Å². The molecule has 0 radical (unpaired) electrons. The van der Waals surface area contributed by atoms with Crippen LogP contribution in [0.5, 0.6) is 0 Å². The lowest BCUT2D eigenvalue weighted by atomic mass is 9.95. The number of benzene rings is 1. The molecule has 2 rings (SSSR count).